The van der Waals surface area contributed by atoms with Gasteiger partial charge in [-0.1, -0.05) is 62.9 Å². The predicted octanol–water partition coefficient (Wildman–Crippen LogP) is 3.17. The molecule has 3 heteroatoms. The van der Waals surface area contributed by atoms with Gasteiger partial charge in [0.2, 0.25) is 0 Å². The van der Waals surface area contributed by atoms with E-state index in [4.69, 9.17) is 0 Å². The molecule has 0 amide bonds. The second kappa shape index (κ2) is 5.51. The van der Waals surface area contributed by atoms with E-state index in [0.717, 1.165) is 5.56 Å². The van der Waals surface area contributed by atoms with E-state index in [-0.39, 0.29) is 16.3 Å². The lowest BCUT2D eigenvalue weighted by Crippen LogP contribution is -2.13. The number of thioether (sulfide) groups is 1. The number of carbonyl (C=O) groups is 1. The number of rotatable bonds is 3. The van der Waals surface area contributed by atoms with Crippen LogP contribution in [0.5, 0.6) is 0 Å². The van der Waals surface area contributed by atoms with E-state index in [1.165, 1.54) is 11.8 Å². The van der Waals surface area contributed by atoms with Gasteiger partial charge in [0.15, 0.2) is 5.12 Å². The van der Waals surface area contributed by atoms with Crippen LogP contribution in [0.4, 0.5) is 0 Å². The molecule has 16 heavy (non-hydrogen) atoms. The highest BCUT2D eigenvalue weighted by Crippen LogP contribution is 2.28. The van der Waals surface area contributed by atoms with Crippen molar-refractivity contribution in [3.05, 3.63) is 35.9 Å². The van der Waals surface area contributed by atoms with Crippen LogP contribution in [0.2, 0.25) is 0 Å². The van der Waals surface area contributed by atoms with Crippen LogP contribution in [0.15, 0.2) is 30.3 Å². The highest BCUT2D eigenvalue weighted by atomic mass is 32.2. The Hall–Kier alpha value is -0.800. The molecule has 0 spiro atoms. The smallest absolute Gasteiger partial charge is 0.192 e. The first-order valence-electron chi connectivity index (χ1n) is 5.33. The van der Waals surface area contributed by atoms with E-state index in [2.05, 4.69) is 0 Å². The molecule has 0 fully saturated rings. The fourth-order valence-corrected chi connectivity index (χ4v) is 2.26. The van der Waals surface area contributed by atoms with Gasteiger partial charge in [-0.2, -0.15) is 0 Å². The van der Waals surface area contributed by atoms with Crippen molar-refractivity contribution in [1.29, 1.82) is 0 Å². The Labute approximate surface area is 101 Å². The normalized spacial score (nSPS) is 13.5. The van der Waals surface area contributed by atoms with E-state index in [1.807, 2.05) is 51.1 Å². The van der Waals surface area contributed by atoms with Gasteiger partial charge >= 0.3 is 0 Å². The van der Waals surface area contributed by atoms with E-state index < -0.39 is 6.10 Å². The average molecular weight is 238 g/mol. The predicted molar refractivity (Wildman–Crippen MR) is 68.4 cm³/mol. The van der Waals surface area contributed by atoms with Crippen LogP contribution in [0.3, 0.4) is 0 Å². The van der Waals surface area contributed by atoms with Crippen LogP contribution in [0, 0.1) is 0 Å². The van der Waals surface area contributed by atoms with Crippen LogP contribution in [0.25, 0.3) is 0 Å². The Balaban J connectivity index is 2.52. The van der Waals surface area contributed by atoms with Crippen molar-refractivity contribution in [3.63, 3.8) is 0 Å². The summed E-state index contributed by atoms with van der Waals surface area (Å²) in [5.74, 6) is 0. The second-order valence-corrected chi connectivity index (χ2v) is 6.60. The lowest BCUT2D eigenvalue weighted by Gasteiger charge is -2.17. The molecule has 0 saturated heterocycles. The number of aliphatic hydroxyl groups is 1. The first kappa shape index (κ1) is 13.3. The number of aliphatic hydroxyl groups excluding tert-OH is 1. The first-order chi connectivity index (χ1) is 7.38. The Morgan fingerprint density at radius 2 is 1.88 bits per heavy atom. The van der Waals surface area contributed by atoms with E-state index in [9.17, 15) is 9.90 Å². The molecule has 0 radical (unpaired) electrons. The third-order valence-corrected chi connectivity index (χ3v) is 2.97. The Morgan fingerprint density at radius 1 is 1.31 bits per heavy atom. The summed E-state index contributed by atoms with van der Waals surface area (Å²) in [6, 6.07) is 9.28. The van der Waals surface area contributed by atoms with Gasteiger partial charge in [-0.25, -0.2) is 0 Å². The van der Waals surface area contributed by atoms with Gasteiger partial charge in [-0.15, -0.1) is 0 Å². The minimum atomic E-state index is -0.691. The van der Waals surface area contributed by atoms with Crippen molar-refractivity contribution in [2.75, 3.05) is 0 Å². The summed E-state index contributed by atoms with van der Waals surface area (Å²) < 4.78 is -0.0898. The maximum atomic E-state index is 11.6. The molecule has 0 aromatic heterocycles. The van der Waals surface area contributed by atoms with Crippen LogP contribution < -0.4 is 0 Å². The van der Waals surface area contributed by atoms with E-state index in [1.54, 1.807) is 0 Å². The lowest BCUT2D eigenvalue weighted by atomic mass is 10.1. The highest BCUT2D eigenvalue weighted by Gasteiger charge is 2.19. The molecule has 88 valence electrons. The maximum Gasteiger partial charge on any atom is 0.192 e. The fraction of sp³-hybridized carbons (Fsp3) is 0.462. The van der Waals surface area contributed by atoms with Crippen LogP contribution in [-0.4, -0.2) is 15.0 Å². The zero-order valence-corrected chi connectivity index (χ0v) is 10.8. The van der Waals surface area contributed by atoms with Gasteiger partial charge in [0, 0.05) is 11.2 Å². The lowest BCUT2D eigenvalue weighted by molar-refractivity contribution is -0.112. The molecule has 0 aliphatic heterocycles. The van der Waals surface area contributed by atoms with Gasteiger partial charge in [0.05, 0.1) is 6.10 Å². The standard InChI is InChI=1S/C13H18O2S/c1-13(2,3)16-12(15)9-11(14)10-7-5-4-6-8-10/h4-8,11,14H,9H2,1-3H3. The molecule has 1 N–H and O–H groups in total. The molecule has 0 heterocycles. The summed E-state index contributed by atoms with van der Waals surface area (Å²) in [6.07, 6.45) is -0.519. The zero-order chi connectivity index (χ0) is 12.2. The van der Waals surface area contributed by atoms with E-state index in [0.29, 0.717) is 0 Å². The highest BCUT2D eigenvalue weighted by molar-refractivity contribution is 8.14. The average Bonchev–Trinajstić information content (AvgIpc) is 2.16. The summed E-state index contributed by atoms with van der Waals surface area (Å²) in [7, 11) is 0. The van der Waals surface area contributed by atoms with Crippen LogP contribution in [0.1, 0.15) is 38.9 Å². The Kier molecular flexibility index (Phi) is 4.56. The number of carbonyl (C=O) groups excluding carboxylic acids is 1. The zero-order valence-electron chi connectivity index (χ0n) is 9.93. The van der Waals surface area contributed by atoms with E-state index >= 15 is 0 Å². The minimum absolute atomic E-state index is 0.0313. The number of hydrogen-bond donors (Lipinski definition) is 1. The molecule has 0 saturated carbocycles. The van der Waals surface area contributed by atoms with Crippen molar-refractivity contribution in [2.24, 2.45) is 0 Å². The molecular formula is C13H18O2S. The molecule has 0 aliphatic rings. The molecule has 1 unspecified atom stereocenters. The quantitative estimate of drug-likeness (QED) is 0.879. The number of benzene rings is 1. The fourth-order valence-electron chi connectivity index (χ4n) is 1.33. The second-order valence-electron chi connectivity index (χ2n) is 4.72. The number of hydrogen-bond acceptors (Lipinski definition) is 3. The van der Waals surface area contributed by atoms with Gasteiger partial charge < -0.3 is 5.11 Å². The molecule has 1 aromatic carbocycles. The molecule has 2 nitrogen and oxygen atoms in total. The third kappa shape index (κ3) is 4.81. The Bertz CT molecular complexity index is 341. The molecule has 0 aliphatic carbocycles. The minimum Gasteiger partial charge on any atom is -0.388 e. The van der Waals surface area contributed by atoms with Crippen molar-refractivity contribution in [2.45, 2.75) is 38.0 Å². The van der Waals surface area contributed by atoms with Gasteiger partial charge in [-0.05, 0) is 5.56 Å². The first-order valence-corrected chi connectivity index (χ1v) is 6.15. The topological polar surface area (TPSA) is 37.3 Å². The van der Waals surface area contributed by atoms with Gasteiger partial charge in [0.1, 0.15) is 0 Å². The summed E-state index contributed by atoms with van der Waals surface area (Å²) >= 11 is 1.28. The monoisotopic (exact) mass is 238 g/mol. The van der Waals surface area contributed by atoms with Crippen molar-refractivity contribution in [1.82, 2.24) is 0 Å². The van der Waals surface area contributed by atoms with Crippen LogP contribution in [-0.2, 0) is 4.79 Å². The van der Waals surface area contributed by atoms with Crippen molar-refractivity contribution in [3.8, 4) is 0 Å². The van der Waals surface area contributed by atoms with Crippen molar-refractivity contribution < 1.29 is 9.90 Å². The largest absolute Gasteiger partial charge is 0.388 e. The molecule has 1 rings (SSSR count). The Morgan fingerprint density at radius 3 is 2.38 bits per heavy atom. The molecule has 0 bridgehead atoms. The molecule has 1 atom stereocenters. The maximum absolute atomic E-state index is 11.6. The SMILES string of the molecule is CC(C)(C)SC(=O)CC(O)c1ccccc1. The summed E-state index contributed by atoms with van der Waals surface area (Å²) in [6.45, 7) is 5.97. The summed E-state index contributed by atoms with van der Waals surface area (Å²) in [5.41, 5.74) is 0.797. The summed E-state index contributed by atoms with van der Waals surface area (Å²) in [5, 5.41) is 9.88. The molecule has 1 aromatic rings. The van der Waals surface area contributed by atoms with Gasteiger partial charge in [-0.3, -0.25) is 4.79 Å². The molecular weight excluding hydrogens is 220 g/mol. The van der Waals surface area contributed by atoms with Gasteiger partial charge in [0.25, 0.3) is 0 Å². The summed E-state index contributed by atoms with van der Waals surface area (Å²) in [4.78, 5) is 11.6. The third-order valence-electron chi connectivity index (χ3n) is 1.96. The van der Waals surface area contributed by atoms with Crippen molar-refractivity contribution >= 4 is 16.9 Å². The van der Waals surface area contributed by atoms with Crippen LogP contribution >= 0.6 is 11.8 Å².